The minimum Gasteiger partial charge on any atom is -0.457 e. The van der Waals surface area contributed by atoms with E-state index >= 15 is 0 Å². The van der Waals surface area contributed by atoms with Gasteiger partial charge in [-0.25, -0.2) is 4.39 Å². The van der Waals surface area contributed by atoms with Gasteiger partial charge in [-0.3, -0.25) is 0 Å². The normalized spacial score (nSPS) is 11.7. The lowest BCUT2D eigenvalue weighted by atomic mass is 10.1. The maximum atomic E-state index is 13.4. The number of hydrogen-bond donors (Lipinski definition) is 1. The third-order valence-electron chi connectivity index (χ3n) is 2.95. The van der Waals surface area contributed by atoms with Crippen molar-refractivity contribution < 1.29 is 14.2 Å². The standard InChI is InChI=1S/C16H14FNO2/c1-2-16(19)11-3-6-13(7-4-11)20-14-8-5-12(10-18)15(17)9-14/h3-9,16,19H,2H2,1H3/t16-/m1/s1. The number of rotatable bonds is 4. The van der Waals surface area contributed by atoms with Gasteiger partial charge in [-0.15, -0.1) is 0 Å². The second-order valence-electron chi connectivity index (χ2n) is 4.35. The van der Waals surface area contributed by atoms with Gasteiger partial charge in [0.25, 0.3) is 0 Å². The van der Waals surface area contributed by atoms with Crippen LogP contribution in [0.1, 0.15) is 30.6 Å². The Bertz CT molecular complexity index is 632. The number of ether oxygens (including phenoxy) is 1. The quantitative estimate of drug-likeness (QED) is 0.916. The van der Waals surface area contributed by atoms with Crippen LogP contribution >= 0.6 is 0 Å². The summed E-state index contributed by atoms with van der Waals surface area (Å²) in [5.41, 5.74) is 0.796. The van der Waals surface area contributed by atoms with E-state index in [0.29, 0.717) is 17.9 Å². The van der Waals surface area contributed by atoms with E-state index in [9.17, 15) is 9.50 Å². The fraction of sp³-hybridized carbons (Fsp3) is 0.188. The number of nitriles is 1. The van der Waals surface area contributed by atoms with Crippen molar-refractivity contribution in [1.82, 2.24) is 0 Å². The number of halogens is 1. The Morgan fingerprint density at radius 2 is 1.85 bits per heavy atom. The summed E-state index contributed by atoms with van der Waals surface area (Å²) < 4.78 is 18.9. The first-order valence-electron chi connectivity index (χ1n) is 6.29. The molecule has 0 aliphatic rings. The first-order chi connectivity index (χ1) is 9.63. The molecule has 3 nitrogen and oxygen atoms in total. The third-order valence-corrected chi connectivity index (χ3v) is 2.95. The van der Waals surface area contributed by atoms with Crippen molar-refractivity contribution in [3.05, 3.63) is 59.4 Å². The van der Waals surface area contributed by atoms with Gasteiger partial charge in [0, 0.05) is 6.07 Å². The first kappa shape index (κ1) is 14.0. The van der Waals surface area contributed by atoms with E-state index in [4.69, 9.17) is 10.00 Å². The van der Waals surface area contributed by atoms with Crippen LogP contribution in [0.5, 0.6) is 11.5 Å². The van der Waals surface area contributed by atoms with Gasteiger partial charge in [0.15, 0.2) is 0 Å². The Morgan fingerprint density at radius 1 is 1.20 bits per heavy atom. The fourth-order valence-electron chi connectivity index (χ4n) is 1.78. The molecule has 0 aliphatic heterocycles. The molecule has 0 heterocycles. The fourth-order valence-corrected chi connectivity index (χ4v) is 1.78. The van der Waals surface area contributed by atoms with E-state index < -0.39 is 11.9 Å². The van der Waals surface area contributed by atoms with E-state index in [0.717, 1.165) is 5.56 Å². The van der Waals surface area contributed by atoms with Crippen LogP contribution in [-0.2, 0) is 0 Å². The van der Waals surface area contributed by atoms with Gasteiger partial charge in [-0.2, -0.15) is 5.26 Å². The molecule has 2 rings (SSSR count). The number of aliphatic hydroxyl groups is 1. The molecule has 2 aromatic carbocycles. The summed E-state index contributed by atoms with van der Waals surface area (Å²) in [5, 5.41) is 18.3. The summed E-state index contributed by atoms with van der Waals surface area (Å²) >= 11 is 0. The summed E-state index contributed by atoms with van der Waals surface area (Å²) in [6, 6.07) is 12.8. The van der Waals surface area contributed by atoms with Crippen LogP contribution in [0, 0.1) is 17.1 Å². The van der Waals surface area contributed by atoms with Gasteiger partial charge < -0.3 is 9.84 Å². The van der Waals surface area contributed by atoms with Crippen molar-refractivity contribution in [3.63, 3.8) is 0 Å². The molecule has 0 aliphatic carbocycles. The summed E-state index contributed by atoms with van der Waals surface area (Å²) in [5.74, 6) is 0.259. The van der Waals surface area contributed by atoms with Crippen LogP contribution in [0.15, 0.2) is 42.5 Å². The molecule has 0 aromatic heterocycles. The van der Waals surface area contributed by atoms with Crippen molar-refractivity contribution in [2.45, 2.75) is 19.4 Å². The molecular weight excluding hydrogens is 257 g/mol. The van der Waals surface area contributed by atoms with Gasteiger partial charge in [-0.05, 0) is 36.2 Å². The summed E-state index contributed by atoms with van der Waals surface area (Å²) in [6.45, 7) is 1.90. The average Bonchev–Trinajstić information content (AvgIpc) is 2.47. The van der Waals surface area contributed by atoms with Crippen LogP contribution in [0.4, 0.5) is 4.39 Å². The van der Waals surface area contributed by atoms with Crippen LogP contribution in [0.25, 0.3) is 0 Å². The molecule has 1 N–H and O–H groups in total. The van der Waals surface area contributed by atoms with Gasteiger partial charge >= 0.3 is 0 Å². The SMILES string of the molecule is CC[C@@H](O)c1ccc(Oc2ccc(C#N)c(F)c2)cc1. The molecule has 1 atom stereocenters. The minimum atomic E-state index is -0.608. The average molecular weight is 271 g/mol. The number of hydrogen-bond acceptors (Lipinski definition) is 3. The molecule has 0 amide bonds. The highest BCUT2D eigenvalue weighted by Crippen LogP contribution is 2.25. The second-order valence-corrected chi connectivity index (χ2v) is 4.35. The lowest BCUT2D eigenvalue weighted by molar-refractivity contribution is 0.173. The zero-order chi connectivity index (χ0) is 14.5. The maximum Gasteiger partial charge on any atom is 0.144 e. The Labute approximate surface area is 116 Å². The first-order valence-corrected chi connectivity index (χ1v) is 6.29. The Kier molecular flexibility index (Phi) is 4.34. The van der Waals surface area contributed by atoms with Gasteiger partial charge in [0.05, 0.1) is 11.7 Å². The van der Waals surface area contributed by atoms with Gasteiger partial charge in [-0.1, -0.05) is 19.1 Å². The molecule has 2 aromatic rings. The smallest absolute Gasteiger partial charge is 0.144 e. The van der Waals surface area contributed by atoms with Crippen molar-refractivity contribution in [3.8, 4) is 17.6 Å². The van der Waals surface area contributed by atoms with Crippen LogP contribution in [0.2, 0.25) is 0 Å². The molecule has 0 spiro atoms. The van der Waals surface area contributed by atoms with Crippen molar-refractivity contribution in [1.29, 1.82) is 5.26 Å². The van der Waals surface area contributed by atoms with E-state index in [1.807, 2.05) is 6.92 Å². The predicted octanol–water partition coefficient (Wildman–Crippen LogP) is 3.93. The number of nitrogens with zero attached hydrogens (tertiary/aromatic N) is 1. The Morgan fingerprint density at radius 3 is 2.40 bits per heavy atom. The zero-order valence-electron chi connectivity index (χ0n) is 11.0. The van der Waals surface area contributed by atoms with Gasteiger partial charge in [0.1, 0.15) is 23.4 Å². The Hall–Kier alpha value is -2.38. The molecule has 102 valence electrons. The lowest BCUT2D eigenvalue weighted by Crippen LogP contribution is -1.94. The van der Waals surface area contributed by atoms with Crippen molar-refractivity contribution >= 4 is 0 Å². The van der Waals surface area contributed by atoms with Gasteiger partial charge in [0.2, 0.25) is 0 Å². The number of benzene rings is 2. The summed E-state index contributed by atoms with van der Waals surface area (Å²) in [4.78, 5) is 0. The molecule has 0 saturated carbocycles. The molecule has 20 heavy (non-hydrogen) atoms. The molecule has 4 heteroatoms. The topological polar surface area (TPSA) is 53.2 Å². The molecule has 0 radical (unpaired) electrons. The van der Waals surface area contributed by atoms with Crippen LogP contribution in [-0.4, -0.2) is 5.11 Å². The second kappa shape index (κ2) is 6.18. The molecule has 0 fully saturated rings. The Balaban J connectivity index is 2.14. The summed E-state index contributed by atoms with van der Waals surface area (Å²) in [6.07, 6.45) is 0.150. The van der Waals surface area contributed by atoms with E-state index in [2.05, 4.69) is 0 Å². The highest BCUT2D eigenvalue weighted by molar-refractivity contribution is 5.39. The third kappa shape index (κ3) is 3.14. The lowest BCUT2D eigenvalue weighted by Gasteiger charge is -2.10. The largest absolute Gasteiger partial charge is 0.457 e. The molecule has 0 unspecified atom stereocenters. The van der Waals surface area contributed by atoms with Crippen LogP contribution in [0.3, 0.4) is 0 Å². The van der Waals surface area contributed by atoms with E-state index in [1.165, 1.54) is 18.2 Å². The molecule has 0 bridgehead atoms. The van der Waals surface area contributed by atoms with Crippen molar-refractivity contribution in [2.24, 2.45) is 0 Å². The van der Waals surface area contributed by atoms with E-state index in [1.54, 1.807) is 30.3 Å². The molecular formula is C16H14FNO2. The summed E-state index contributed by atoms with van der Waals surface area (Å²) in [7, 11) is 0. The minimum absolute atomic E-state index is 0.0150. The van der Waals surface area contributed by atoms with Crippen LogP contribution < -0.4 is 4.74 Å². The predicted molar refractivity (Wildman–Crippen MR) is 72.9 cm³/mol. The highest BCUT2D eigenvalue weighted by Gasteiger charge is 2.06. The monoisotopic (exact) mass is 271 g/mol. The maximum absolute atomic E-state index is 13.4. The molecule has 0 saturated heterocycles. The zero-order valence-corrected chi connectivity index (χ0v) is 11.0. The van der Waals surface area contributed by atoms with Crippen molar-refractivity contribution in [2.75, 3.05) is 0 Å². The highest BCUT2D eigenvalue weighted by atomic mass is 19.1. The van der Waals surface area contributed by atoms with E-state index in [-0.39, 0.29) is 5.56 Å². The number of aliphatic hydroxyl groups excluding tert-OH is 1.